The van der Waals surface area contributed by atoms with Gasteiger partial charge >= 0.3 is 5.97 Å². The highest BCUT2D eigenvalue weighted by Crippen LogP contribution is 2.27. The molecule has 90 valence electrons. The van der Waals surface area contributed by atoms with E-state index in [-0.39, 0.29) is 12.4 Å². The normalized spacial score (nSPS) is 18.9. The summed E-state index contributed by atoms with van der Waals surface area (Å²) in [6, 6.07) is 6.97. The molecule has 1 atom stereocenters. The smallest absolute Gasteiger partial charge is 0.316 e. The second kappa shape index (κ2) is 4.99. The topological polar surface area (TPSA) is 52.6 Å². The number of rotatable bonds is 2. The quantitative estimate of drug-likeness (QED) is 0.578. The molecule has 1 aromatic carbocycles. The zero-order valence-electron chi connectivity index (χ0n) is 9.64. The summed E-state index contributed by atoms with van der Waals surface area (Å²) in [5, 5.41) is 0. The first-order valence-electron chi connectivity index (χ1n) is 5.66. The van der Waals surface area contributed by atoms with Crippen molar-refractivity contribution in [1.82, 2.24) is 0 Å². The van der Waals surface area contributed by atoms with Gasteiger partial charge in [-0.15, -0.1) is 0 Å². The highest BCUT2D eigenvalue weighted by Gasteiger charge is 2.32. The number of fused-ring (bicyclic) bond motifs is 1. The monoisotopic (exact) mass is 234 g/mol. The Morgan fingerprint density at radius 3 is 3.00 bits per heavy atom. The van der Waals surface area contributed by atoms with E-state index >= 15 is 0 Å². The Bertz CT molecular complexity index is 439. The fourth-order valence-electron chi connectivity index (χ4n) is 1.87. The van der Waals surface area contributed by atoms with E-state index in [0.29, 0.717) is 24.3 Å². The fraction of sp³-hybridized carbons (Fsp3) is 0.385. The minimum absolute atomic E-state index is 0.212. The average molecular weight is 234 g/mol. The number of esters is 1. The van der Waals surface area contributed by atoms with Crippen molar-refractivity contribution < 1.29 is 19.1 Å². The van der Waals surface area contributed by atoms with Gasteiger partial charge in [0.25, 0.3) is 0 Å². The van der Waals surface area contributed by atoms with E-state index in [9.17, 15) is 9.59 Å². The van der Waals surface area contributed by atoms with Crippen LogP contribution in [0.15, 0.2) is 24.3 Å². The molecule has 0 saturated heterocycles. The molecule has 17 heavy (non-hydrogen) atoms. The van der Waals surface area contributed by atoms with E-state index in [1.165, 1.54) is 0 Å². The van der Waals surface area contributed by atoms with Gasteiger partial charge < -0.3 is 9.47 Å². The van der Waals surface area contributed by atoms with Crippen LogP contribution >= 0.6 is 0 Å². The van der Waals surface area contributed by atoms with Crippen LogP contribution in [0.1, 0.15) is 23.7 Å². The summed E-state index contributed by atoms with van der Waals surface area (Å²) in [5.41, 5.74) is 0.461. The molecule has 0 N–H and O–H groups in total. The van der Waals surface area contributed by atoms with Crippen LogP contribution in [-0.4, -0.2) is 25.0 Å². The molecule has 0 amide bonds. The Labute approximate surface area is 99.5 Å². The first-order valence-corrected chi connectivity index (χ1v) is 5.66. The van der Waals surface area contributed by atoms with E-state index in [1.54, 1.807) is 31.2 Å². The van der Waals surface area contributed by atoms with Crippen LogP contribution in [0.3, 0.4) is 0 Å². The molecule has 0 radical (unpaired) electrons. The molecule has 1 unspecified atom stereocenters. The zero-order chi connectivity index (χ0) is 12.3. The number of carbonyl (C=O) groups excluding carboxylic acids is 2. The lowest BCUT2D eigenvalue weighted by Crippen LogP contribution is -2.26. The standard InChI is InChI=1S/C13H14O4/c1-2-16-13(15)10-7-8-17-11-6-4-3-5-9(11)12(10)14/h3-6,10H,2,7-8H2,1H3. The lowest BCUT2D eigenvalue weighted by molar-refractivity contribution is -0.146. The van der Waals surface area contributed by atoms with Gasteiger partial charge in [-0.1, -0.05) is 12.1 Å². The number of ketones is 1. The summed E-state index contributed by atoms with van der Waals surface area (Å²) in [6.45, 7) is 2.36. The van der Waals surface area contributed by atoms with Crippen LogP contribution in [0.25, 0.3) is 0 Å². The maximum atomic E-state index is 12.2. The maximum Gasteiger partial charge on any atom is 0.316 e. The highest BCUT2D eigenvalue weighted by atomic mass is 16.5. The van der Waals surface area contributed by atoms with E-state index in [4.69, 9.17) is 9.47 Å². The summed E-state index contributed by atoms with van der Waals surface area (Å²) in [7, 11) is 0. The van der Waals surface area contributed by atoms with Gasteiger partial charge in [0, 0.05) is 6.42 Å². The molecule has 0 aliphatic carbocycles. The van der Waals surface area contributed by atoms with Crippen molar-refractivity contribution >= 4 is 11.8 Å². The first-order chi connectivity index (χ1) is 8.24. The van der Waals surface area contributed by atoms with Crippen molar-refractivity contribution in [3.8, 4) is 5.75 Å². The lowest BCUT2D eigenvalue weighted by atomic mass is 9.95. The summed E-state index contributed by atoms with van der Waals surface area (Å²) < 4.78 is 10.4. The van der Waals surface area contributed by atoms with Gasteiger partial charge in [0.15, 0.2) is 5.78 Å². The highest BCUT2D eigenvalue weighted by molar-refractivity contribution is 6.10. The van der Waals surface area contributed by atoms with Crippen molar-refractivity contribution in [2.45, 2.75) is 13.3 Å². The van der Waals surface area contributed by atoms with Crippen molar-refractivity contribution in [2.24, 2.45) is 5.92 Å². The van der Waals surface area contributed by atoms with Gasteiger partial charge in [-0.25, -0.2) is 0 Å². The van der Waals surface area contributed by atoms with Crippen molar-refractivity contribution in [3.05, 3.63) is 29.8 Å². The van der Waals surface area contributed by atoms with Crippen molar-refractivity contribution in [2.75, 3.05) is 13.2 Å². The molecule has 0 fully saturated rings. The number of hydrogen-bond acceptors (Lipinski definition) is 4. The Kier molecular flexibility index (Phi) is 3.42. The van der Waals surface area contributed by atoms with Gasteiger partial charge in [-0.05, 0) is 19.1 Å². The Hall–Kier alpha value is -1.84. The number of carbonyl (C=O) groups is 2. The molecular weight excluding hydrogens is 220 g/mol. The SMILES string of the molecule is CCOC(=O)C1CCOc2ccccc2C1=O. The van der Waals surface area contributed by atoms with Crippen molar-refractivity contribution in [3.63, 3.8) is 0 Å². The average Bonchev–Trinajstić information content (AvgIpc) is 2.50. The van der Waals surface area contributed by atoms with Crippen LogP contribution in [0.2, 0.25) is 0 Å². The Morgan fingerprint density at radius 1 is 1.47 bits per heavy atom. The molecule has 0 spiro atoms. The molecule has 0 saturated carbocycles. The Morgan fingerprint density at radius 2 is 2.24 bits per heavy atom. The lowest BCUT2D eigenvalue weighted by Gasteiger charge is -2.10. The van der Waals surface area contributed by atoms with Gasteiger partial charge in [-0.3, -0.25) is 9.59 Å². The maximum absolute atomic E-state index is 12.2. The predicted octanol–water partition coefficient (Wildman–Crippen LogP) is 1.83. The molecule has 2 rings (SSSR count). The summed E-state index contributed by atoms with van der Waals surface area (Å²) in [6.07, 6.45) is 0.367. The Balaban J connectivity index is 2.29. The van der Waals surface area contributed by atoms with Crippen LogP contribution in [0, 0.1) is 5.92 Å². The van der Waals surface area contributed by atoms with Gasteiger partial charge in [0.05, 0.1) is 18.8 Å². The predicted molar refractivity (Wildman–Crippen MR) is 61.0 cm³/mol. The number of para-hydroxylation sites is 1. The van der Waals surface area contributed by atoms with Crippen LogP contribution < -0.4 is 4.74 Å². The van der Waals surface area contributed by atoms with Gasteiger partial charge in [-0.2, -0.15) is 0 Å². The van der Waals surface area contributed by atoms with Crippen LogP contribution in [-0.2, 0) is 9.53 Å². The molecule has 4 heteroatoms. The molecule has 1 aromatic rings. The van der Waals surface area contributed by atoms with E-state index in [2.05, 4.69) is 0 Å². The van der Waals surface area contributed by atoms with E-state index in [1.807, 2.05) is 0 Å². The number of Topliss-reactive ketones (excluding diaryl/α,β-unsaturated/α-hetero) is 1. The number of hydrogen-bond donors (Lipinski definition) is 0. The second-order valence-corrected chi connectivity index (χ2v) is 3.80. The van der Waals surface area contributed by atoms with Crippen LogP contribution in [0.4, 0.5) is 0 Å². The van der Waals surface area contributed by atoms with E-state index < -0.39 is 11.9 Å². The van der Waals surface area contributed by atoms with Gasteiger partial charge in [0.2, 0.25) is 0 Å². The molecule has 0 bridgehead atoms. The third kappa shape index (κ3) is 2.30. The molecular formula is C13H14O4. The molecule has 1 aliphatic heterocycles. The molecule has 1 aliphatic rings. The second-order valence-electron chi connectivity index (χ2n) is 3.80. The van der Waals surface area contributed by atoms with Gasteiger partial charge in [0.1, 0.15) is 11.7 Å². The number of benzene rings is 1. The number of ether oxygens (including phenoxy) is 2. The minimum atomic E-state index is -0.737. The molecule has 1 heterocycles. The summed E-state index contributed by atoms with van der Waals surface area (Å²) in [5.74, 6) is -0.864. The molecule has 0 aromatic heterocycles. The van der Waals surface area contributed by atoms with Crippen molar-refractivity contribution in [1.29, 1.82) is 0 Å². The third-order valence-corrected chi connectivity index (χ3v) is 2.70. The molecule has 4 nitrogen and oxygen atoms in total. The first kappa shape index (κ1) is 11.6. The fourth-order valence-corrected chi connectivity index (χ4v) is 1.87. The summed E-state index contributed by atoms with van der Waals surface area (Å²) >= 11 is 0. The largest absolute Gasteiger partial charge is 0.493 e. The van der Waals surface area contributed by atoms with Crippen LogP contribution in [0.5, 0.6) is 5.75 Å². The summed E-state index contributed by atoms with van der Waals surface area (Å²) in [4.78, 5) is 23.8. The third-order valence-electron chi connectivity index (χ3n) is 2.70. The zero-order valence-corrected chi connectivity index (χ0v) is 9.64. The minimum Gasteiger partial charge on any atom is -0.493 e. The van der Waals surface area contributed by atoms with E-state index in [0.717, 1.165) is 0 Å².